The average molecular weight is 273 g/mol. The monoisotopic (exact) mass is 273 g/mol. The largest absolute Gasteiger partial charge is 0.478 e. The van der Waals surface area contributed by atoms with E-state index in [9.17, 15) is 9.59 Å². The van der Waals surface area contributed by atoms with Crippen molar-refractivity contribution in [2.75, 3.05) is 5.32 Å². The van der Waals surface area contributed by atoms with Gasteiger partial charge in [0.1, 0.15) is 5.69 Å². The first kappa shape index (κ1) is 13.8. The van der Waals surface area contributed by atoms with E-state index in [4.69, 9.17) is 5.11 Å². The molecule has 20 heavy (non-hydrogen) atoms. The van der Waals surface area contributed by atoms with Crippen molar-refractivity contribution in [3.63, 3.8) is 0 Å². The number of nitrogens with one attached hydrogen (secondary N) is 1. The Balaban J connectivity index is 2.30. The number of hydrogen-bond donors (Lipinski definition) is 2. The predicted octanol–water partition coefficient (Wildman–Crippen LogP) is 1.99. The molecule has 2 aromatic rings. The molecule has 0 aliphatic rings. The SMILES string of the molecule is Cc1cc(C(=O)Nc2cc(C(=O)O)ccc2C)n(C)n1. The van der Waals surface area contributed by atoms with Gasteiger partial charge < -0.3 is 10.4 Å². The van der Waals surface area contributed by atoms with E-state index in [0.29, 0.717) is 11.4 Å². The Bertz CT molecular complexity index is 689. The molecular formula is C14H15N3O3. The van der Waals surface area contributed by atoms with Crippen LogP contribution in [0.25, 0.3) is 0 Å². The zero-order chi connectivity index (χ0) is 14.9. The summed E-state index contributed by atoms with van der Waals surface area (Å²) < 4.78 is 1.49. The maximum absolute atomic E-state index is 12.2. The molecule has 6 heteroatoms. The molecule has 0 unspecified atom stereocenters. The highest BCUT2D eigenvalue weighted by atomic mass is 16.4. The number of aromatic nitrogens is 2. The molecule has 0 atom stereocenters. The van der Waals surface area contributed by atoms with Gasteiger partial charge in [-0.2, -0.15) is 5.10 Å². The number of anilines is 1. The number of nitrogens with zero attached hydrogens (tertiary/aromatic N) is 2. The highest BCUT2D eigenvalue weighted by molar-refractivity contribution is 6.04. The highest BCUT2D eigenvalue weighted by Gasteiger charge is 2.14. The number of carbonyl (C=O) groups is 2. The smallest absolute Gasteiger partial charge is 0.335 e. The second-order valence-electron chi connectivity index (χ2n) is 4.58. The van der Waals surface area contributed by atoms with Gasteiger partial charge in [0, 0.05) is 12.7 Å². The summed E-state index contributed by atoms with van der Waals surface area (Å²) in [6.07, 6.45) is 0. The molecule has 2 rings (SSSR count). The Morgan fingerprint density at radius 1 is 1.25 bits per heavy atom. The molecule has 0 saturated carbocycles. The van der Waals surface area contributed by atoms with Gasteiger partial charge in [-0.05, 0) is 37.6 Å². The van der Waals surface area contributed by atoms with Crippen LogP contribution in [0.5, 0.6) is 0 Å². The lowest BCUT2D eigenvalue weighted by atomic mass is 10.1. The summed E-state index contributed by atoms with van der Waals surface area (Å²) in [7, 11) is 1.68. The molecule has 6 nitrogen and oxygen atoms in total. The van der Waals surface area contributed by atoms with E-state index in [2.05, 4.69) is 10.4 Å². The van der Waals surface area contributed by atoms with Crippen LogP contribution >= 0.6 is 0 Å². The molecule has 0 aliphatic heterocycles. The molecule has 1 heterocycles. The van der Waals surface area contributed by atoms with Gasteiger partial charge in [-0.3, -0.25) is 9.48 Å². The van der Waals surface area contributed by atoms with Crippen molar-refractivity contribution >= 4 is 17.6 Å². The number of hydrogen-bond acceptors (Lipinski definition) is 3. The lowest BCUT2D eigenvalue weighted by molar-refractivity contribution is 0.0696. The van der Waals surface area contributed by atoms with Crippen LogP contribution in [-0.4, -0.2) is 26.8 Å². The molecule has 0 radical (unpaired) electrons. The number of rotatable bonds is 3. The number of amides is 1. The van der Waals surface area contributed by atoms with Gasteiger partial charge in [0.15, 0.2) is 0 Å². The second kappa shape index (κ2) is 5.16. The standard InChI is InChI=1S/C14H15N3O3/c1-8-4-5-10(14(19)20)7-11(8)15-13(18)12-6-9(2)16-17(12)3/h4-7H,1-3H3,(H,15,18)(H,19,20). The van der Waals surface area contributed by atoms with Crippen molar-refractivity contribution in [2.24, 2.45) is 7.05 Å². The van der Waals surface area contributed by atoms with Gasteiger partial charge in [-0.1, -0.05) is 6.07 Å². The fourth-order valence-corrected chi connectivity index (χ4v) is 1.90. The number of carboxylic acids is 1. The summed E-state index contributed by atoms with van der Waals surface area (Å²) >= 11 is 0. The molecule has 0 aliphatic carbocycles. The quantitative estimate of drug-likeness (QED) is 0.895. The minimum atomic E-state index is -1.03. The topological polar surface area (TPSA) is 84.2 Å². The second-order valence-corrected chi connectivity index (χ2v) is 4.58. The van der Waals surface area contributed by atoms with Crippen molar-refractivity contribution in [2.45, 2.75) is 13.8 Å². The van der Waals surface area contributed by atoms with E-state index >= 15 is 0 Å². The zero-order valence-electron chi connectivity index (χ0n) is 11.5. The Hall–Kier alpha value is -2.63. The summed E-state index contributed by atoms with van der Waals surface area (Å²) in [5.41, 5.74) is 2.57. The lowest BCUT2D eigenvalue weighted by Crippen LogP contribution is -2.17. The van der Waals surface area contributed by atoms with Crippen molar-refractivity contribution < 1.29 is 14.7 Å². The van der Waals surface area contributed by atoms with E-state index in [0.717, 1.165) is 11.3 Å². The summed E-state index contributed by atoms with van der Waals surface area (Å²) in [5.74, 6) is -1.35. The number of carbonyl (C=O) groups excluding carboxylic acids is 1. The van der Waals surface area contributed by atoms with E-state index in [-0.39, 0.29) is 11.5 Å². The highest BCUT2D eigenvalue weighted by Crippen LogP contribution is 2.18. The van der Waals surface area contributed by atoms with E-state index < -0.39 is 5.97 Å². The first-order chi connectivity index (χ1) is 9.38. The van der Waals surface area contributed by atoms with Crippen LogP contribution in [0.3, 0.4) is 0 Å². The fraction of sp³-hybridized carbons (Fsp3) is 0.214. The van der Waals surface area contributed by atoms with E-state index in [1.807, 2.05) is 0 Å². The van der Waals surface area contributed by atoms with Gasteiger partial charge in [0.2, 0.25) is 0 Å². The summed E-state index contributed by atoms with van der Waals surface area (Å²) in [5, 5.41) is 15.8. The number of benzene rings is 1. The maximum atomic E-state index is 12.2. The third-order valence-electron chi connectivity index (χ3n) is 2.97. The van der Waals surface area contributed by atoms with Gasteiger partial charge in [-0.15, -0.1) is 0 Å². The van der Waals surface area contributed by atoms with Gasteiger partial charge in [-0.25, -0.2) is 4.79 Å². The first-order valence-electron chi connectivity index (χ1n) is 6.04. The van der Waals surface area contributed by atoms with Crippen LogP contribution in [0, 0.1) is 13.8 Å². The number of aryl methyl sites for hydroxylation is 3. The molecule has 2 N–H and O–H groups in total. The number of aromatic carboxylic acids is 1. The van der Waals surface area contributed by atoms with Gasteiger partial charge in [0.25, 0.3) is 5.91 Å². The molecule has 0 saturated heterocycles. The third kappa shape index (κ3) is 2.69. The normalized spacial score (nSPS) is 10.3. The van der Waals surface area contributed by atoms with Crippen LogP contribution < -0.4 is 5.32 Å². The Morgan fingerprint density at radius 2 is 1.95 bits per heavy atom. The van der Waals surface area contributed by atoms with Gasteiger partial charge in [0.05, 0.1) is 11.3 Å². The summed E-state index contributed by atoms with van der Waals surface area (Å²) in [6.45, 7) is 3.60. The Labute approximate surface area is 116 Å². The van der Waals surface area contributed by atoms with Crippen LogP contribution in [-0.2, 0) is 7.05 Å². The first-order valence-corrected chi connectivity index (χ1v) is 6.04. The van der Waals surface area contributed by atoms with E-state index in [1.165, 1.54) is 16.8 Å². The minimum Gasteiger partial charge on any atom is -0.478 e. The molecule has 1 amide bonds. The Morgan fingerprint density at radius 3 is 2.50 bits per heavy atom. The van der Waals surface area contributed by atoms with Crippen LogP contribution in [0.2, 0.25) is 0 Å². The Kier molecular flexibility index (Phi) is 3.56. The predicted molar refractivity (Wildman–Crippen MR) is 74.0 cm³/mol. The minimum absolute atomic E-state index is 0.132. The molecule has 104 valence electrons. The molecule has 1 aromatic heterocycles. The van der Waals surface area contributed by atoms with Crippen molar-refractivity contribution in [3.8, 4) is 0 Å². The van der Waals surface area contributed by atoms with Crippen molar-refractivity contribution in [3.05, 3.63) is 46.8 Å². The fourth-order valence-electron chi connectivity index (χ4n) is 1.90. The summed E-state index contributed by atoms with van der Waals surface area (Å²) in [6, 6.07) is 6.28. The molecule has 0 spiro atoms. The molecular weight excluding hydrogens is 258 g/mol. The van der Waals surface area contributed by atoms with Gasteiger partial charge >= 0.3 is 5.97 Å². The molecule has 0 bridgehead atoms. The lowest BCUT2D eigenvalue weighted by Gasteiger charge is -2.09. The zero-order valence-corrected chi connectivity index (χ0v) is 11.5. The van der Waals surface area contributed by atoms with Crippen molar-refractivity contribution in [1.29, 1.82) is 0 Å². The van der Waals surface area contributed by atoms with Crippen LogP contribution in [0.1, 0.15) is 32.1 Å². The molecule has 0 fully saturated rings. The van der Waals surface area contributed by atoms with Crippen LogP contribution in [0.4, 0.5) is 5.69 Å². The third-order valence-corrected chi connectivity index (χ3v) is 2.97. The molecule has 1 aromatic carbocycles. The van der Waals surface area contributed by atoms with Crippen LogP contribution in [0.15, 0.2) is 24.3 Å². The average Bonchev–Trinajstić information content (AvgIpc) is 2.71. The maximum Gasteiger partial charge on any atom is 0.335 e. The van der Waals surface area contributed by atoms with Crippen molar-refractivity contribution in [1.82, 2.24) is 9.78 Å². The summed E-state index contributed by atoms with van der Waals surface area (Å²) in [4.78, 5) is 23.1. The number of carboxylic acid groups (broad SMARTS) is 1. The van der Waals surface area contributed by atoms with E-state index in [1.54, 1.807) is 33.0 Å².